The van der Waals surface area contributed by atoms with E-state index in [9.17, 15) is 9.59 Å². The molecule has 2 aliphatic rings. The molecule has 6 heteroatoms. The van der Waals surface area contributed by atoms with E-state index in [1.54, 1.807) is 23.1 Å². The Kier molecular flexibility index (Phi) is 3.15. The molecule has 1 aliphatic heterocycles. The second-order valence-electron chi connectivity index (χ2n) is 4.82. The van der Waals surface area contributed by atoms with Gasteiger partial charge in [-0.3, -0.25) is 9.69 Å². The predicted molar refractivity (Wildman–Crippen MR) is 72.1 cm³/mol. The number of hydrogen-bond acceptors (Lipinski definition) is 2. The summed E-state index contributed by atoms with van der Waals surface area (Å²) in [6.45, 7) is 0.310. The van der Waals surface area contributed by atoms with E-state index < -0.39 is 0 Å². The number of nitrogens with zero attached hydrogens (tertiary/aromatic N) is 2. The SMILES string of the molecule is O=C1CN(C2CC2)C(=O)N1Cc1c(Cl)cccc1Cl. The fraction of sp³-hybridized carbons (Fsp3) is 0.385. The highest BCUT2D eigenvalue weighted by Crippen LogP contribution is 2.32. The third-order valence-corrected chi connectivity index (χ3v) is 4.16. The number of carbonyl (C=O) groups is 2. The summed E-state index contributed by atoms with van der Waals surface area (Å²) in [5, 5.41) is 0.941. The molecule has 1 heterocycles. The average molecular weight is 299 g/mol. The lowest BCUT2D eigenvalue weighted by Gasteiger charge is -2.17. The van der Waals surface area contributed by atoms with E-state index >= 15 is 0 Å². The lowest BCUT2D eigenvalue weighted by atomic mass is 10.2. The molecule has 0 bridgehead atoms. The van der Waals surface area contributed by atoms with Crippen molar-refractivity contribution in [3.05, 3.63) is 33.8 Å². The van der Waals surface area contributed by atoms with Gasteiger partial charge in [-0.25, -0.2) is 4.79 Å². The first-order valence-electron chi connectivity index (χ1n) is 6.12. The van der Waals surface area contributed by atoms with Gasteiger partial charge in [0.25, 0.3) is 5.91 Å². The minimum Gasteiger partial charge on any atom is -0.312 e. The molecule has 3 amide bonds. The zero-order valence-corrected chi connectivity index (χ0v) is 11.6. The Morgan fingerprint density at radius 1 is 1.16 bits per heavy atom. The first kappa shape index (κ1) is 12.8. The molecular formula is C13H12Cl2N2O2. The number of urea groups is 1. The molecular weight excluding hydrogens is 287 g/mol. The quantitative estimate of drug-likeness (QED) is 0.805. The first-order chi connectivity index (χ1) is 9.08. The Labute approximate surface area is 120 Å². The molecule has 100 valence electrons. The summed E-state index contributed by atoms with van der Waals surface area (Å²) in [5.41, 5.74) is 0.616. The van der Waals surface area contributed by atoms with Crippen LogP contribution in [0.4, 0.5) is 4.79 Å². The van der Waals surface area contributed by atoms with Gasteiger partial charge in [-0.2, -0.15) is 0 Å². The smallest absolute Gasteiger partial charge is 0.312 e. The van der Waals surface area contributed by atoms with Crippen molar-refractivity contribution in [2.24, 2.45) is 0 Å². The topological polar surface area (TPSA) is 40.6 Å². The van der Waals surface area contributed by atoms with Crippen LogP contribution in [0, 0.1) is 0 Å². The molecule has 1 saturated carbocycles. The fourth-order valence-corrected chi connectivity index (χ4v) is 2.75. The summed E-state index contributed by atoms with van der Waals surface area (Å²) in [7, 11) is 0. The van der Waals surface area contributed by atoms with Crippen LogP contribution < -0.4 is 0 Å². The third kappa shape index (κ3) is 2.30. The van der Waals surface area contributed by atoms with Gasteiger partial charge in [0, 0.05) is 21.7 Å². The summed E-state index contributed by atoms with van der Waals surface area (Å²) >= 11 is 12.1. The van der Waals surface area contributed by atoms with E-state index in [1.807, 2.05) is 0 Å². The van der Waals surface area contributed by atoms with E-state index in [-0.39, 0.29) is 31.1 Å². The second-order valence-corrected chi connectivity index (χ2v) is 5.64. The lowest BCUT2D eigenvalue weighted by molar-refractivity contribution is -0.125. The van der Waals surface area contributed by atoms with Crippen molar-refractivity contribution >= 4 is 35.1 Å². The molecule has 0 radical (unpaired) electrons. The molecule has 0 aromatic heterocycles. The number of halogens is 2. The van der Waals surface area contributed by atoms with Gasteiger partial charge in [0.2, 0.25) is 0 Å². The van der Waals surface area contributed by atoms with Crippen molar-refractivity contribution < 1.29 is 9.59 Å². The Hall–Kier alpha value is -1.26. The number of hydrogen-bond donors (Lipinski definition) is 0. The molecule has 4 nitrogen and oxygen atoms in total. The van der Waals surface area contributed by atoms with Crippen molar-refractivity contribution in [2.45, 2.75) is 25.4 Å². The summed E-state index contributed by atoms with van der Waals surface area (Å²) in [6, 6.07) is 5.14. The number of benzene rings is 1. The van der Waals surface area contributed by atoms with Crippen molar-refractivity contribution in [3.8, 4) is 0 Å². The highest BCUT2D eigenvalue weighted by atomic mass is 35.5. The average Bonchev–Trinajstić information content (AvgIpc) is 3.15. The molecule has 19 heavy (non-hydrogen) atoms. The van der Waals surface area contributed by atoms with Crippen LogP contribution in [-0.4, -0.2) is 34.3 Å². The minimum absolute atomic E-state index is 0.138. The van der Waals surface area contributed by atoms with Gasteiger partial charge in [0.1, 0.15) is 6.54 Å². The molecule has 0 spiro atoms. The van der Waals surface area contributed by atoms with Crippen LogP contribution in [0.25, 0.3) is 0 Å². The van der Waals surface area contributed by atoms with Crippen molar-refractivity contribution in [1.82, 2.24) is 9.80 Å². The standard InChI is InChI=1S/C13H12Cl2N2O2/c14-10-2-1-3-11(15)9(10)6-17-12(18)7-16(13(17)19)8-4-5-8/h1-3,8H,4-7H2. The normalized spacial score (nSPS) is 19.5. The lowest BCUT2D eigenvalue weighted by Crippen LogP contribution is -2.33. The van der Waals surface area contributed by atoms with Crippen LogP contribution in [0.5, 0.6) is 0 Å². The van der Waals surface area contributed by atoms with Crippen LogP contribution in [0.2, 0.25) is 10.0 Å². The number of amides is 3. The van der Waals surface area contributed by atoms with E-state index in [4.69, 9.17) is 23.2 Å². The second kappa shape index (κ2) is 4.69. The molecule has 0 atom stereocenters. The van der Waals surface area contributed by atoms with Crippen molar-refractivity contribution in [1.29, 1.82) is 0 Å². The summed E-state index contributed by atoms with van der Waals surface area (Å²) in [5.74, 6) is -0.187. The third-order valence-electron chi connectivity index (χ3n) is 3.45. The van der Waals surface area contributed by atoms with E-state index in [0.29, 0.717) is 15.6 Å². The highest BCUT2D eigenvalue weighted by molar-refractivity contribution is 6.36. The van der Waals surface area contributed by atoms with Gasteiger partial charge in [0.05, 0.1) is 6.54 Å². The molecule has 1 aromatic carbocycles. The van der Waals surface area contributed by atoms with Gasteiger partial charge in [-0.15, -0.1) is 0 Å². The maximum absolute atomic E-state index is 12.2. The first-order valence-corrected chi connectivity index (χ1v) is 6.87. The van der Waals surface area contributed by atoms with Gasteiger partial charge in [-0.05, 0) is 25.0 Å². The Balaban J connectivity index is 1.83. The summed E-state index contributed by atoms with van der Waals surface area (Å²) < 4.78 is 0. The Bertz CT molecular complexity index is 537. The largest absolute Gasteiger partial charge is 0.327 e. The monoisotopic (exact) mass is 298 g/mol. The highest BCUT2D eigenvalue weighted by Gasteiger charge is 2.43. The van der Waals surface area contributed by atoms with Crippen molar-refractivity contribution in [3.63, 3.8) is 0 Å². The molecule has 1 aromatic rings. The molecule has 3 rings (SSSR count). The van der Waals surface area contributed by atoms with Gasteiger partial charge in [0.15, 0.2) is 0 Å². The van der Waals surface area contributed by atoms with Crippen molar-refractivity contribution in [2.75, 3.05) is 6.54 Å². The van der Waals surface area contributed by atoms with E-state index in [0.717, 1.165) is 12.8 Å². The fourth-order valence-electron chi connectivity index (χ4n) is 2.23. The van der Waals surface area contributed by atoms with Crippen LogP contribution >= 0.6 is 23.2 Å². The summed E-state index contributed by atoms with van der Waals surface area (Å²) in [4.78, 5) is 27.0. The molecule has 0 N–H and O–H groups in total. The zero-order valence-electron chi connectivity index (χ0n) is 10.1. The Morgan fingerprint density at radius 3 is 2.37 bits per heavy atom. The number of imide groups is 1. The maximum Gasteiger partial charge on any atom is 0.327 e. The molecule has 1 aliphatic carbocycles. The number of rotatable bonds is 3. The van der Waals surface area contributed by atoms with Gasteiger partial charge >= 0.3 is 6.03 Å². The molecule has 1 saturated heterocycles. The van der Waals surface area contributed by atoms with Crippen LogP contribution in [0.3, 0.4) is 0 Å². The predicted octanol–water partition coefficient (Wildman–Crippen LogP) is 2.92. The van der Waals surface area contributed by atoms with Crippen LogP contribution in [0.15, 0.2) is 18.2 Å². The van der Waals surface area contributed by atoms with Crippen LogP contribution in [0.1, 0.15) is 18.4 Å². The minimum atomic E-state index is -0.233. The van der Waals surface area contributed by atoms with Gasteiger partial charge < -0.3 is 4.90 Å². The Morgan fingerprint density at radius 2 is 1.79 bits per heavy atom. The molecule has 2 fully saturated rings. The van der Waals surface area contributed by atoms with E-state index in [2.05, 4.69) is 0 Å². The molecule has 0 unspecified atom stereocenters. The van der Waals surface area contributed by atoms with Crippen LogP contribution in [-0.2, 0) is 11.3 Å². The zero-order chi connectivity index (χ0) is 13.6. The maximum atomic E-state index is 12.2. The number of carbonyl (C=O) groups excluding carboxylic acids is 2. The summed E-state index contributed by atoms with van der Waals surface area (Å²) in [6.07, 6.45) is 1.97. The van der Waals surface area contributed by atoms with E-state index in [1.165, 1.54) is 4.90 Å². The van der Waals surface area contributed by atoms with Gasteiger partial charge in [-0.1, -0.05) is 29.3 Å².